The highest BCUT2D eigenvalue weighted by atomic mass is 32.2. The lowest BCUT2D eigenvalue weighted by molar-refractivity contribution is 0.593. The van der Waals surface area contributed by atoms with Crippen molar-refractivity contribution in [3.63, 3.8) is 0 Å². The molecule has 1 radical (unpaired) electrons. The van der Waals surface area contributed by atoms with Crippen LogP contribution in [-0.2, 0) is 0 Å². The topological polar surface area (TPSA) is 0 Å². The summed E-state index contributed by atoms with van der Waals surface area (Å²) in [6.07, 6.45) is 4.14. The summed E-state index contributed by atoms with van der Waals surface area (Å²) in [6, 6.07) is 0. The van der Waals surface area contributed by atoms with E-state index in [9.17, 15) is 4.39 Å². The number of hydrogen-bond acceptors (Lipinski definition) is 1. The van der Waals surface area contributed by atoms with Gasteiger partial charge >= 0.3 is 0 Å². The van der Waals surface area contributed by atoms with Crippen LogP contribution in [0.3, 0.4) is 0 Å². The van der Waals surface area contributed by atoms with Crippen LogP contribution in [0.4, 0.5) is 4.39 Å². The van der Waals surface area contributed by atoms with E-state index < -0.39 is 0 Å². The lowest BCUT2D eigenvalue weighted by atomic mass is 9.97. The monoisotopic (exact) mass is 171 g/mol. The van der Waals surface area contributed by atoms with E-state index in [0.717, 1.165) is 11.5 Å². The Balaban J connectivity index is 2.92. The molecule has 0 aliphatic heterocycles. The van der Waals surface area contributed by atoms with Crippen molar-refractivity contribution in [1.82, 2.24) is 0 Å². The molecule has 61 valence electrons. The van der Waals surface area contributed by atoms with Crippen LogP contribution < -0.4 is 0 Å². The third-order valence-corrected chi connectivity index (χ3v) is 2.84. The molecule has 0 fully saturated rings. The van der Waals surface area contributed by atoms with E-state index in [-0.39, 0.29) is 5.83 Å². The second kappa shape index (κ2) is 3.44. The Morgan fingerprint density at radius 1 is 1.45 bits per heavy atom. The average molecular weight is 171 g/mol. The molecule has 0 bridgehead atoms. The SMILES string of the molecule is CSC1=C(C)C=C(F)C[C]1C. The van der Waals surface area contributed by atoms with Crippen LogP contribution in [0.2, 0.25) is 0 Å². The highest BCUT2D eigenvalue weighted by Crippen LogP contribution is 2.36. The van der Waals surface area contributed by atoms with Gasteiger partial charge in [-0.05, 0) is 29.7 Å². The first-order valence-corrected chi connectivity index (χ1v) is 4.81. The number of hydrogen-bond donors (Lipinski definition) is 0. The fourth-order valence-corrected chi connectivity index (χ4v) is 2.16. The number of rotatable bonds is 1. The zero-order valence-electron chi connectivity index (χ0n) is 7.07. The Morgan fingerprint density at radius 3 is 2.55 bits per heavy atom. The van der Waals surface area contributed by atoms with Crippen molar-refractivity contribution in [2.75, 3.05) is 6.26 Å². The van der Waals surface area contributed by atoms with Gasteiger partial charge in [-0.3, -0.25) is 0 Å². The van der Waals surface area contributed by atoms with Gasteiger partial charge in [0.2, 0.25) is 0 Å². The third kappa shape index (κ3) is 1.86. The van der Waals surface area contributed by atoms with Gasteiger partial charge in [0.1, 0.15) is 5.83 Å². The van der Waals surface area contributed by atoms with E-state index in [1.54, 1.807) is 17.8 Å². The van der Waals surface area contributed by atoms with Crippen molar-refractivity contribution in [3.8, 4) is 0 Å². The standard InChI is InChI=1S/C9H12FS/c1-6-4-8(10)5-7(2)9(6)11-3/h4H,5H2,1-3H3. The highest BCUT2D eigenvalue weighted by molar-refractivity contribution is 8.02. The summed E-state index contributed by atoms with van der Waals surface area (Å²) in [5, 5.41) is 0. The minimum absolute atomic E-state index is 0.0159. The molecule has 2 heteroatoms. The second-order valence-corrected chi connectivity index (χ2v) is 3.58. The number of thioether (sulfide) groups is 1. The predicted octanol–water partition coefficient (Wildman–Crippen LogP) is 3.47. The third-order valence-electron chi connectivity index (χ3n) is 1.76. The smallest absolute Gasteiger partial charge is 0.101 e. The van der Waals surface area contributed by atoms with E-state index in [4.69, 9.17) is 0 Å². The summed E-state index contributed by atoms with van der Waals surface area (Å²) in [7, 11) is 0. The maximum absolute atomic E-state index is 12.8. The Labute approximate surface area is 71.6 Å². The average Bonchev–Trinajstić information content (AvgIpc) is 1.85. The van der Waals surface area contributed by atoms with E-state index in [0.29, 0.717) is 6.42 Å². The van der Waals surface area contributed by atoms with Crippen molar-refractivity contribution >= 4 is 11.8 Å². The van der Waals surface area contributed by atoms with Crippen molar-refractivity contribution in [1.29, 1.82) is 0 Å². The van der Waals surface area contributed by atoms with Crippen molar-refractivity contribution in [3.05, 3.63) is 28.3 Å². The second-order valence-electron chi connectivity index (χ2n) is 2.76. The lowest BCUT2D eigenvalue weighted by Gasteiger charge is -2.18. The van der Waals surface area contributed by atoms with Crippen molar-refractivity contribution < 1.29 is 4.39 Å². The Hall–Kier alpha value is -0.240. The molecule has 0 aromatic carbocycles. The summed E-state index contributed by atoms with van der Waals surface area (Å²) < 4.78 is 12.8. The predicted molar refractivity (Wildman–Crippen MR) is 48.9 cm³/mol. The summed E-state index contributed by atoms with van der Waals surface area (Å²) in [4.78, 5) is 1.24. The minimum Gasteiger partial charge on any atom is -0.212 e. The summed E-state index contributed by atoms with van der Waals surface area (Å²) >= 11 is 1.70. The van der Waals surface area contributed by atoms with E-state index in [1.807, 2.05) is 20.1 Å². The van der Waals surface area contributed by atoms with Gasteiger partial charge in [0.25, 0.3) is 0 Å². The zero-order chi connectivity index (χ0) is 8.43. The molecular formula is C9H12FS. The van der Waals surface area contributed by atoms with Gasteiger partial charge in [0.15, 0.2) is 0 Å². The molecule has 0 saturated heterocycles. The van der Waals surface area contributed by atoms with Gasteiger partial charge in [-0.25, -0.2) is 4.39 Å². The molecule has 0 atom stereocenters. The van der Waals surface area contributed by atoms with Crippen LogP contribution in [-0.4, -0.2) is 6.26 Å². The fourth-order valence-electron chi connectivity index (χ4n) is 1.36. The first-order chi connectivity index (χ1) is 5.15. The molecule has 0 heterocycles. The maximum Gasteiger partial charge on any atom is 0.101 e. The largest absolute Gasteiger partial charge is 0.212 e. The van der Waals surface area contributed by atoms with Gasteiger partial charge in [-0.15, -0.1) is 11.8 Å². The normalized spacial score (nSPS) is 20.5. The molecule has 1 aliphatic carbocycles. The van der Waals surface area contributed by atoms with Crippen molar-refractivity contribution in [2.45, 2.75) is 20.3 Å². The lowest BCUT2D eigenvalue weighted by Crippen LogP contribution is -2.01. The highest BCUT2D eigenvalue weighted by Gasteiger charge is 2.17. The fraction of sp³-hybridized carbons (Fsp3) is 0.444. The van der Waals surface area contributed by atoms with Gasteiger partial charge in [-0.1, -0.05) is 6.92 Å². The van der Waals surface area contributed by atoms with Crippen LogP contribution in [0.15, 0.2) is 22.4 Å². The number of allylic oxidation sites excluding steroid dienone is 4. The molecule has 0 saturated carbocycles. The summed E-state index contributed by atoms with van der Waals surface area (Å²) in [5.74, 6) is 1.13. The first-order valence-electron chi connectivity index (χ1n) is 3.59. The van der Waals surface area contributed by atoms with Crippen LogP contribution >= 0.6 is 11.8 Å². The Morgan fingerprint density at radius 2 is 2.09 bits per heavy atom. The first kappa shape index (κ1) is 8.85. The van der Waals surface area contributed by atoms with Crippen LogP contribution in [0.5, 0.6) is 0 Å². The molecule has 0 aromatic rings. The minimum atomic E-state index is -0.0159. The van der Waals surface area contributed by atoms with E-state index in [2.05, 4.69) is 0 Å². The molecule has 0 N–H and O–H groups in total. The van der Waals surface area contributed by atoms with Gasteiger partial charge in [-0.2, -0.15) is 0 Å². The molecule has 0 spiro atoms. The molecule has 1 aliphatic rings. The summed E-state index contributed by atoms with van der Waals surface area (Å²) in [5.41, 5.74) is 1.05. The molecular weight excluding hydrogens is 159 g/mol. The Kier molecular flexibility index (Phi) is 2.77. The zero-order valence-corrected chi connectivity index (χ0v) is 7.89. The molecule has 0 nitrogen and oxygen atoms in total. The van der Waals surface area contributed by atoms with Gasteiger partial charge in [0, 0.05) is 12.3 Å². The molecule has 1 rings (SSSR count). The molecule has 11 heavy (non-hydrogen) atoms. The molecule has 0 unspecified atom stereocenters. The van der Waals surface area contributed by atoms with Crippen LogP contribution in [0.1, 0.15) is 20.3 Å². The number of halogens is 1. The molecule has 0 aromatic heterocycles. The van der Waals surface area contributed by atoms with Crippen LogP contribution in [0, 0.1) is 5.92 Å². The van der Waals surface area contributed by atoms with E-state index in [1.165, 1.54) is 4.91 Å². The van der Waals surface area contributed by atoms with Gasteiger partial charge in [0.05, 0.1) is 0 Å². The maximum atomic E-state index is 12.8. The van der Waals surface area contributed by atoms with E-state index >= 15 is 0 Å². The van der Waals surface area contributed by atoms with Gasteiger partial charge < -0.3 is 0 Å². The summed E-state index contributed by atoms with van der Waals surface area (Å²) in [6.45, 7) is 3.94. The van der Waals surface area contributed by atoms with Crippen molar-refractivity contribution in [2.24, 2.45) is 0 Å². The quantitative estimate of drug-likeness (QED) is 0.582. The Bertz CT molecular complexity index is 216. The molecule has 0 amide bonds. The van der Waals surface area contributed by atoms with Crippen LogP contribution in [0.25, 0.3) is 0 Å².